The molecule has 5 heteroatoms. The van der Waals surface area contributed by atoms with E-state index in [1.54, 1.807) is 7.11 Å². The van der Waals surface area contributed by atoms with Gasteiger partial charge in [-0.1, -0.05) is 20.8 Å². The van der Waals surface area contributed by atoms with Crippen molar-refractivity contribution in [2.24, 2.45) is 0 Å². The number of methoxy groups -OCH3 is 1. The van der Waals surface area contributed by atoms with Crippen LogP contribution < -0.4 is 4.90 Å². The number of likely N-dealkylation sites (tertiary alicyclic amines) is 1. The van der Waals surface area contributed by atoms with Crippen molar-refractivity contribution in [1.29, 1.82) is 0 Å². The Kier molecular flexibility index (Phi) is 5.95. The van der Waals surface area contributed by atoms with E-state index in [9.17, 15) is 0 Å². The molecule has 2 aliphatic rings. The Morgan fingerprint density at radius 3 is 2.48 bits per heavy atom. The molecular weight excluding hydrogens is 312 g/mol. The zero-order chi connectivity index (χ0) is 17.9. The lowest BCUT2D eigenvalue weighted by molar-refractivity contribution is 0.181. The van der Waals surface area contributed by atoms with Gasteiger partial charge in [-0.25, -0.2) is 9.97 Å². The highest BCUT2D eigenvalue weighted by Gasteiger charge is 2.26. The largest absolute Gasteiger partial charge is 0.378 e. The van der Waals surface area contributed by atoms with Crippen molar-refractivity contribution >= 4 is 5.82 Å². The monoisotopic (exact) mass is 346 g/mol. The van der Waals surface area contributed by atoms with Gasteiger partial charge in [0.2, 0.25) is 0 Å². The Balaban J connectivity index is 1.76. The fraction of sp³-hybridized carbons (Fsp3) is 0.800. The molecule has 25 heavy (non-hydrogen) atoms. The van der Waals surface area contributed by atoms with Gasteiger partial charge >= 0.3 is 0 Å². The molecule has 0 radical (unpaired) electrons. The number of aromatic nitrogens is 2. The van der Waals surface area contributed by atoms with Gasteiger partial charge in [-0.05, 0) is 45.2 Å². The summed E-state index contributed by atoms with van der Waals surface area (Å²) in [6.07, 6.45) is 6.56. The quantitative estimate of drug-likeness (QED) is 0.836. The smallest absolute Gasteiger partial charge is 0.136 e. The number of nitrogens with zero attached hydrogens (tertiary/aromatic N) is 4. The zero-order valence-corrected chi connectivity index (χ0v) is 16.4. The summed E-state index contributed by atoms with van der Waals surface area (Å²) >= 11 is 0. The molecule has 0 saturated carbocycles. The second-order valence-corrected chi connectivity index (χ2v) is 8.54. The van der Waals surface area contributed by atoms with Crippen LogP contribution in [0.2, 0.25) is 0 Å². The fourth-order valence-electron chi connectivity index (χ4n) is 3.98. The molecule has 0 amide bonds. The molecule has 1 aromatic heterocycles. The summed E-state index contributed by atoms with van der Waals surface area (Å²) in [5.41, 5.74) is 0.931. The zero-order valence-electron chi connectivity index (χ0n) is 16.4. The Bertz CT molecular complexity index is 563. The van der Waals surface area contributed by atoms with Crippen molar-refractivity contribution in [3.8, 4) is 0 Å². The molecule has 5 nitrogen and oxygen atoms in total. The van der Waals surface area contributed by atoms with Crippen LogP contribution in [0.3, 0.4) is 0 Å². The highest BCUT2D eigenvalue weighted by Crippen LogP contribution is 2.26. The fourth-order valence-corrected chi connectivity index (χ4v) is 3.98. The molecule has 1 unspecified atom stereocenters. The SMILES string of the molecule is COCc1cc(N2CCCC(N3CCCC3)CC2)nc(C(C)(C)C)n1. The summed E-state index contributed by atoms with van der Waals surface area (Å²) in [5.74, 6) is 1.99. The van der Waals surface area contributed by atoms with E-state index in [0.29, 0.717) is 6.61 Å². The molecule has 0 N–H and O–H groups in total. The number of hydrogen-bond donors (Lipinski definition) is 0. The molecule has 1 atom stereocenters. The third kappa shape index (κ3) is 4.70. The first kappa shape index (κ1) is 18.6. The van der Waals surface area contributed by atoms with Crippen LogP contribution in [0.4, 0.5) is 5.82 Å². The highest BCUT2D eigenvalue weighted by atomic mass is 16.5. The van der Waals surface area contributed by atoms with Crippen molar-refractivity contribution in [2.75, 3.05) is 38.2 Å². The van der Waals surface area contributed by atoms with Gasteiger partial charge in [0, 0.05) is 37.7 Å². The van der Waals surface area contributed by atoms with Crippen LogP contribution in [0.5, 0.6) is 0 Å². The Morgan fingerprint density at radius 1 is 1.04 bits per heavy atom. The minimum Gasteiger partial charge on any atom is -0.378 e. The van der Waals surface area contributed by atoms with Gasteiger partial charge in [0.15, 0.2) is 0 Å². The lowest BCUT2D eigenvalue weighted by atomic mass is 9.95. The Morgan fingerprint density at radius 2 is 1.80 bits per heavy atom. The van der Waals surface area contributed by atoms with E-state index in [0.717, 1.165) is 36.5 Å². The first-order chi connectivity index (χ1) is 12.0. The Hall–Kier alpha value is -1.20. The number of anilines is 1. The van der Waals surface area contributed by atoms with E-state index in [4.69, 9.17) is 14.7 Å². The second kappa shape index (κ2) is 8.00. The van der Waals surface area contributed by atoms with Gasteiger partial charge < -0.3 is 14.5 Å². The summed E-state index contributed by atoms with van der Waals surface area (Å²) in [7, 11) is 1.73. The number of hydrogen-bond acceptors (Lipinski definition) is 5. The molecule has 2 fully saturated rings. The maximum absolute atomic E-state index is 5.33. The molecule has 140 valence electrons. The molecule has 2 aliphatic heterocycles. The van der Waals surface area contributed by atoms with E-state index in [2.05, 4.69) is 36.6 Å². The topological polar surface area (TPSA) is 41.5 Å². The maximum Gasteiger partial charge on any atom is 0.136 e. The van der Waals surface area contributed by atoms with Crippen LogP contribution in [0.15, 0.2) is 6.07 Å². The van der Waals surface area contributed by atoms with Crippen molar-refractivity contribution in [2.45, 2.75) is 70.9 Å². The van der Waals surface area contributed by atoms with E-state index in [1.165, 1.54) is 45.2 Å². The molecular formula is C20H34N4O. The minimum absolute atomic E-state index is 0.0531. The number of ether oxygens (including phenoxy) is 1. The first-order valence-corrected chi connectivity index (χ1v) is 9.84. The molecule has 0 bridgehead atoms. The molecule has 1 aromatic rings. The summed E-state index contributed by atoms with van der Waals surface area (Å²) in [5, 5.41) is 0. The molecule has 0 aliphatic carbocycles. The third-order valence-corrected chi connectivity index (χ3v) is 5.41. The lowest BCUT2D eigenvalue weighted by Crippen LogP contribution is -2.34. The van der Waals surface area contributed by atoms with E-state index < -0.39 is 0 Å². The maximum atomic E-state index is 5.33. The van der Waals surface area contributed by atoms with E-state index in [1.807, 2.05) is 0 Å². The van der Waals surface area contributed by atoms with E-state index in [-0.39, 0.29) is 5.41 Å². The standard InChI is InChI=1S/C20H34N4O/c1-20(2,3)19-21-16(15-25-4)14-18(22-19)24-12-7-8-17(9-13-24)23-10-5-6-11-23/h14,17H,5-13,15H2,1-4H3. The van der Waals surface area contributed by atoms with Crippen LogP contribution in [0, 0.1) is 0 Å². The molecule has 3 heterocycles. The van der Waals surface area contributed by atoms with Crippen LogP contribution in [-0.4, -0.2) is 54.2 Å². The first-order valence-electron chi connectivity index (χ1n) is 9.84. The van der Waals surface area contributed by atoms with Gasteiger partial charge in [0.05, 0.1) is 12.3 Å². The molecule has 0 spiro atoms. The van der Waals surface area contributed by atoms with Gasteiger partial charge in [0.25, 0.3) is 0 Å². The van der Waals surface area contributed by atoms with E-state index >= 15 is 0 Å². The molecule has 3 rings (SSSR count). The van der Waals surface area contributed by atoms with Crippen molar-refractivity contribution < 1.29 is 4.74 Å². The van der Waals surface area contributed by atoms with Gasteiger partial charge in [-0.2, -0.15) is 0 Å². The van der Waals surface area contributed by atoms with Crippen LogP contribution in [-0.2, 0) is 16.8 Å². The summed E-state index contributed by atoms with van der Waals surface area (Å²) < 4.78 is 5.33. The van der Waals surface area contributed by atoms with Crippen LogP contribution in [0.25, 0.3) is 0 Å². The van der Waals surface area contributed by atoms with Gasteiger partial charge in [0.1, 0.15) is 11.6 Å². The lowest BCUT2D eigenvalue weighted by Gasteiger charge is -2.27. The van der Waals surface area contributed by atoms with Crippen LogP contribution >= 0.6 is 0 Å². The van der Waals surface area contributed by atoms with Crippen molar-refractivity contribution in [3.05, 3.63) is 17.6 Å². The minimum atomic E-state index is -0.0531. The molecule has 0 aromatic carbocycles. The average Bonchev–Trinajstić information content (AvgIpc) is 2.99. The Labute approximate surface area is 152 Å². The van der Waals surface area contributed by atoms with Gasteiger partial charge in [-0.15, -0.1) is 0 Å². The summed E-state index contributed by atoms with van der Waals surface area (Å²) in [4.78, 5) is 14.8. The van der Waals surface area contributed by atoms with Crippen LogP contribution in [0.1, 0.15) is 64.4 Å². The second-order valence-electron chi connectivity index (χ2n) is 8.54. The van der Waals surface area contributed by atoms with Crippen molar-refractivity contribution in [1.82, 2.24) is 14.9 Å². The van der Waals surface area contributed by atoms with Gasteiger partial charge in [-0.3, -0.25) is 0 Å². The molecule has 2 saturated heterocycles. The summed E-state index contributed by atoms with van der Waals surface area (Å²) in [6.45, 7) is 11.8. The highest BCUT2D eigenvalue weighted by molar-refractivity contribution is 5.41. The predicted molar refractivity (Wildman–Crippen MR) is 102 cm³/mol. The normalized spacial score (nSPS) is 23.0. The summed E-state index contributed by atoms with van der Waals surface area (Å²) in [6, 6.07) is 2.88. The predicted octanol–water partition coefficient (Wildman–Crippen LogP) is 3.38. The third-order valence-electron chi connectivity index (χ3n) is 5.41. The average molecular weight is 347 g/mol. The van der Waals surface area contributed by atoms with Crippen molar-refractivity contribution in [3.63, 3.8) is 0 Å². The number of rotatable bonds is 4.